The number of aromatic amines is 1. The standard InChI is InChI=1S/C6H5N3.C6H7N/c1-2-4-6-5(3-1)7-9-8-6;1-6-3-2-4-7-5-6/h1-4H,(H,7,8,9);2-5H,1H3. The van der Waals surface area contributed by atoms with E-state index < -0.39 is 0 Å². The first-order chi connectivity index (χ1) is 7.86. The van der Waals surface area contributed by atoms with Gasteiger partial charge >= 0.3 is 0 Å². The summed E-state index contributed by atoms with van der Waals surface area (Å²) in [5.74, 6) is 0. The number of hydrogen-bond donors (Lipinski definition) is 1. The molecular formula is C12H12N4. The molecule has 0 aliphatic heterocycles. The van der Waals surface area contributed by atoms with E-state index in [0.29, 0.717) is 0 Å². The number of rotatable bonds is 0. The van der Waals surface area contributed by atoms with E-state index in [1.165, 1.54) is 5.56 Å². The Morgan fingerprint density at radius 2 is 1.62 bits per heavy atom. The lowest BCUT2D eigenvalue weighted by Crippen LogP contribution is -1.69. The Hall–Kier alpha value is -2.23. The van der Waals surface area contributed by atoms with Crippen molar-refractivity contribution < 1.29 is 0 Å². The van der Waals surface area contributed by atoms with Crippen LogP contribution in [0, 0.1) is 6.92 Å². The molecule has 0 radical (unpaired) electrons. The predicted octanol–water partition coefficient (Wildman–Crippen LogP) is 2.35. The number of benzene rings is 1. The van der Waals surface area contributed by atoms with Gasteiger partial charge in [-0.25, -0.2) is 0 Å². The Labute approximate surface area is 93.3 Å². The lowest BCUT2D eigenvalue weighted by molar-refractivity contribution is 0.959. The number of aryl methyl sites for hydroxylation is 1. The molecule has 0 saturated carbocycles. The van der Waals surface area contributed by atoms with Gasteiger partial charge < -0.3 is 0 Å². The maximum atomic E-state index is 3.88. The van der Waals surface area contributed by atoms with E-state index in [9.17, 15) is 0 Å². The minimum atomic E-state index is 0.914. The highest BCUT2D eigenvalue weighted by Gasteiger charge is 1.90. The second-order valence-corrected chi connectivity index (χ2v) is 3.34. The fourth-order valence-corrected chi connectivity index (χ4v) is 1.23. The van der Waals surface area contributed by atoms with Crippen LogP contribution in [0.4, 0.5) is 0 Å². The molecule has 0 amide bonds. The van der Waals surface area contributed by atoms with Crippen molar-refractivity contribution in [3.05, 3.63) is 54.4 Å². The van der Waals surface area contributed by atoms with Crippen molar-refractivity contribution >= 4 is 11.0 Å². The van der Waals surface area contributed by atoms with Gasteiger partial charge in [0.1, 0.15) is 11.0 Å². The van der Waals surface area contributed by atoms with Crippen LogP contribution in [0.1, 0.15) is 5.56 Å². The summed E-state index contributed by atoms with van der Waals surface area (Å²) in [5, 5.41) is 10.3. The number of para-hydroxylation sites is 2. The molecule has 16 heavy (non-hydrogen) atoms. The SMILES string of the molecule is Cc1cccnc1.c1ccc2n[nH]nc2c1. The molecule has 0 fully saturated rings. The Balaban J connectivity index is 0.000000125. The van der Waals surface area contributed by atoms with Gasteiger partial charge in [-0.2, -0.15) is 15.4 Å². The van der Waals surface area contributed by atoms with E-state index in [2.05, 4.69) is 20.4 Å². The average Bonchev–Trinajstić information content (AvgIpc) is 2.79. The van der Waals surface area contributed by atoms with Crippen LogP contribution in [-0.2, 0) is 0 Å². The number of pyridine rings is 1. The molecule has 0 bridgehead atoms. The van der Waals surface area contributed by atoms with Gasteiger partial charge in [0, 0.05) is 12.4 Å². The van der Waals surface area contributed by atoms with Crippen LogP contribution in [-0.4, -0.2) is 20.4 Å². The third kappa shape index (κ3) is 2.63. The molecule has 0 aliphatic rings. The zero-order valence-electron chi connectivity index (χ0n) is 8.96. The molecule has 0 aliphatic carbocycles. The summed E-state index contributed by atoms with van der Waals surface area (Å²) < 4.78 is 0. The van der Waals surface area contributed by atoms with Crippen LogP contribution in [0.5, 0.6) is 0 Å². The van der Waals surface area contributed by atoms with Gasteiger partial charge in [-0.05, 0) is 30.7 Å². The van der Waals surface area contributed by atoms with Gasteiger partial charge in [0.15, 0.2) is 0 Å². The first-order valence-electron chi connectivity index (χ1n) is 4.98. The number of H-pyrrole nitrogens is 1. The summed E-state index contributed by atoms with van der Waals surface area (Å²) in [7, 11) is 0. The average molecular weight is 212 g/mol. The van der Waals surface area contributed by atoms with E-state index in [1.807, 2.05) is 49.5 Å². The minimum absolute atomic E-state index is 0.914. The molecule has 1 aromatic carbocycles. The third-order valence-corrected chi connectivity index (χ3v) is 2.03. The summed E-state index contributed by atoms with van der Waals surface area (Å²) in [6, 6.07) is 11.6. The van der Waals surface area contributed by atoms with Crippen LogP contribution in [0.2, 0.25) is 0 Å². The summed E-state index contributed by atoms with van der Waals surface area (Å²) >= 11 is 0. The van der Waals surface area contributed by atoms with Crippen molar-refractivity contribution in [1.82, 2.24) is 20.4 Å². The van der Waals surface area contributed by atoms with Crippen LogP contribution in [0.25, 0.3) is 11.0 Å². The smallest absolute Gasteiger partial charge is 0.112 e. The Morgan fingerprint density at radius 1 is 0.938 bits per heavy atom. The summed E-state index contributed by atoms with van der Waals surface area (Å²) in [6.07, 6.45) is 3.60. The highest BCUT2D eigenvalue weighted by Crippen LogP contribution is 2.03. The van der Waals surface area contributed by atoms with E-state index in [-0.39, 0.29) is 0 Å². The van der Waals surface area contributed by atoms with Gasteiger partial charge in [-0.3, -0.25) is 4.98 Å². The fraction of sp³-hybridized carbons (Fsp3) is 0.0833. The molecule has 2 aromatic heterocycles. The largest absolute Gasteiger partial charge is 0.264 e. The second-order valence-electron chi connectivity index (χ2n) is 3.34. The fourth-order valence-electron chi connectivity index (χ4n) is 1.23. The van der Waals surface area contributed by atoms with E-state index in [0.717, 1.165) is 11.0 Å². The quantitative estimate of drug-likeness (QED) is 0.622. The highest BCUT2D eigenvalue weighted by molar-refractivity contribution is 5.72. The predicted molar refractivity (Wildman–Crippen MR) is 62.9 cm³/mol. The molecule has 4 heteroatoms. The number of aromatic nitrogens is 4. The van der Waals surface area contributed by atoms with Crippen molar-refractivity contribution in [2.75, 3.05) is 0 Å². The van der Waals surface area contributed by atoms with E-state index >= 15 is 0 Å². The van der Waals surface area contributed by atoms with Crippen molar-refractivity contribution in [2.45, 2.75) is 6.92 Å². The highest BCUT2D eigenvalue weighted by atomic mass is 15.3. The van der Waals surface area contributed by atoms with E-state index in [4.69, 9.17) is 0 Å². The van der Waals surface area contributed by atoms with E-state index in [1.54, 1.807) is 6.20 Å². The lowest BCUT2D eigenvalue weighted by Gasteiger charge is -1.82. The molecule has 2 heterocycles. The summed E-state index contributed by atoms with van der Waals surface area (Å²) in [6.45, 7) is 2.02. The van der Waals surface area contributed by atoms with Gasteiger partial charge in [0.2, 0.25) is 0 Å². The Bertz CT molecular complexity index is 515. The van der Waals surface area contributed by atoms with Crippen molar-refractivity contribution in [3.63, 3.8) is 0 Å². The normalized spacial score (nSPS) is 9.56. The van der Waals surface area contributed by atoms with Crippen molar-refractivity contribution in [3.8, 4) is 0 Å². The van der Waals surface area contributed by atoms with Gasteiger partial charge in [0.25, 0.3) is 0 Å². The van der Waals surface area contributed by atoms with Crippen LogP contribution < -0.4 is 0 Å². The number of nitrogens with zero attached hydrogens (tertiary/aromatic N) is 3. The van der Waals surface area contributed by atoms with Crippen LogP contribution in [0.15, 0.2) is 48.8 Å². The molecule has 0 unspecified atom stereocenters. The second kappa shape index (κ2) is 5.02. The van der Waals surface area contributed by atoms with Gasteiger partial charge in [0.05, 0.1) is 0 Å². The zero-order chi connectivity index (χ0) is 11.2. The number of hydrogen-bond acceptors (Lipinski definition) is 3. The maximum absolute atomic E-state index is 3.88. The minimum Gasteiger partial charge on any atom is -0.264 e. The molecule has 3 rings (SSSR count). The molecule has 80 valence electrons. The first kappa shape index (κ1) is 10.3. The molecule has 1 N–H and O–H groups in total. The first-order valence-corrected chi connectivity index (χ1v) is 4.98. The molecule has 0 spiro atoms. The molecule has 3 aromatic rings. The van der Waals surface area contributed by atoms with Crippen molar-refractivity contribution in [2.24, 2.45) is 0 Å². The topological polar surface area (TPSA) is 54.5 Å². The Morgan fingerprint density at radius 3 is 2.06 bits per heavy atom. The third-order valence-electron chi connectivity index (χ3n) is 2.03. The molecule has 4 nitrogen and oxygen atoms in total. The van der Waals surface area contributed by atoms with Crippen LogP contribution in [0.3, 0.4) is 0 Å². The molecule has 0 saturated heterocycles. The van der Waals surface area contributed by atoms with Crippen molar-refractivity contribution in [1.29, 1.82) is 0 Å². The zero-order valence-corrected chi connectivity index (χ0v) is 8.96. The number of nitrogens with one attached hydrogen (secondary N) is 1. The molecular weight excluding hydrogens is 200 g/mol. The summed E-state index contributed by atoms with van der Waals surface area (Å²) in [5.41, 5.74) is 3.04. The monoisotopic (exact) mass is 212 g/mol. The van der Waals surface area contributed by atoms with Gasteiger partial charge in [-0.1, -0.05) is 18.2 Å². The molecule has 0 atom stereocenters. The number of fused-ring (bicyclic) bond motifs is 1. The Kier molecular flexibility index (Phi) is 3.23. The van der Waals surface area contributed by atoms with Gasteiger partial charge in [-0.15, -0.1) is 0 Å². The summed E-state index contributed by atoms with van der Waals surface area (Å²) in [4.78, 5) is 3.88. The van der Waals surface area contributed by atoms with Crippen LogP contribution >= 0.6 is 0 Å². The maximum Gasteiger partial charge on any atom is 0.112 e. The lowest BCUT2D eigenvalue weighted by atomic mass is 10.3.